The van der Waals surface area contributed by atoms with Gasteiger partial charge in [0.15, 0.2) is 23.2 Å². The molecule has 7 heteroatoms. The Balaban J connectivity index is 1.33. The molecule has 4 nitrogen and oxygen atoms in total. The summed E-state index contributed by atoms with van der Waals surface area (Å²) >= 11 is 0. The van der Waals surface area contributed by atoms with Crippen LogP contribution in [-0.2, 0) is 4.74 Å². The van der Waals surface area contributed by atoms with Crippen LogP contribution in [0.3, 0.4) is 0 Å². The summed E-state index contributed by atoms with van der Waals surface area (Å²) in [6.07, 6.45) is 5.89. The zero-order valence-electron chi connectivity index (χ0n) is 23.2. The largest absolute Gasteiger partial charge is 0.494 e. The third-order valence-electron chi connectivity index (χ3n) is 7.36. The number of benzene rings is 3. The lowest BCUT2D eigenvalue weighted by Crippen LogP contribution is -2.24. The molecule has 0 N–H and O–H groups in total. The maximum absolute atomic E-state index is 15.0. The first-order valence-corrected chi connectivity index (χ1v) is 14.3. The molecule has 1 aliphatic rings. The van der Waals surface area contributed by atoms with E-state index in [1.165, 1.54) is 18.2 Å². The Hall–Kier alpha value is -3.48. The van der Waals surface area contributed by atoms with E-state index < -0.39 is 29.3 Å². The highest BCUT2D eigenvalue weighted by atomic mass is 19.2. The Morgan fingerprint density at radius 2 is 1.48 bits per heavy atom. The Labute approximate surface area is 234 Å². The van der Waals surface area contributed by atoms with E-state index >= 15 is 0 Å². The fourth-order valence-corrected chi connectivity index (χ4v) is 4.94. The molecule has 0 unspecified atom stereocenters. The van der Waals surface area contributed by atoms with E-state index in [0.717, 1.165) is 31.2 Å². The zero-order valence-corrected chi connectivity index (χ0v) is 23.2. The summed E-state index contributed by atoms with van der Waals surface area (Å²) < 4.78 is 61.1. The van der Waals surface area contributed by atoms with E-state index in [1.54, 1.807) is 30.3 Å². The van der Waals surface area contributed by atoms with E-state index in [-0.39, 0.29) is 23.0 Å². The maximum Gasteiger partial charge on any atom is 0.341 e. The van der Waals surface area contributed by atoms with E-state index in [1.807, 2.05) is 13.0 Å². The fourth-order valence-electron chi connectivity index (χ4n) is 4.94. The van der Waals surface area contributed by atoms with Crippen molar-refractivity contribution in [3.8, 4) is 22.6 Å². The summed E-state index contributed by atoms with van der Waals surface area (Å²) in [5, 5.41) is 0. The molecule has 1 aliphatic carbocycles. The van der Waals surface area contributed by atoms with Crippen LogP contribution in [0.25, 0.3) is 11.1 Å². The average molecular weight is 555 g/mol. The molecule has 3 aromatic carbocycles. The van der Waals surface area contributed by atoms with Gasteiger partial charge in [-0.2, -0.15) is 0 Å². The molecule has 4 rings (SSSR count). The van der Waals surface area contributed by atoms with Gasteiger partial charge >= 0.3 is 5.97 Å². The van der Waals surface area contributed by atoms with Crippen molar-refractivity contribution in [2.45, 2.75) is 77.2 Å². The Bertz CT molecular complexity index is 1270. The number of halogens is 3. The van der Waals surface area contributed by atoms with Gasteiger partial charge in [0.2, 0.25) is 0 Å². The molecule has 214 valence electrons. The van der Waals surface area contributed by atoms with Gasteiger partial charge in [-0.05, 0) is 85.9 Å². The van der Waals surface area contributed by atoms with Gasteiger partial charge in [-0.25, -0.2) is 18.0 Å². The van der Waals surface area contributed by atoms with Gasteiger partial charge in [0.1, 0.15) is 11.9 Å². The molecule has 0 saturated heterocycles. The summed E-state index contributed by atoms with van der Waals surface area (Å²) in [6, 6.07) is 14.5. The van der Waals surface area contributed by atoms with Crippen LogP contribution in [0.1, 0.15) is 87.1 Å². The average Bonchev–Trinajstić information content (AvgIpc) is 2.96. The van der Waals surface area contributed by atoms with E-state index in [4.69, 9.17) is 14.2 Å². The van der Waals surface area contributed by atoms with Crippen LogP contribution in [0, 0.1) is 17.5 Å². The van der Waals surface area contributed by atoms with Crippen LogP contribution in [-0.4, -0.2) is 25.3 Å². The van der Waals surface area contributed by atoms with Crippen LogP contribution in [0.15, 0.2) is 54.6 Å². The van der Waals surface area contributed by atoms with Crippen molar-refractivity contribution in [2.75, 3.05) is 13.2 Å². The van der Waals surface area contributed by atoms with Gasteiger partial charge in [0.25, 0.3) is 0 Å². The topological polar surface area (TPSA) is 44.8 Å². The van der Waals surface area contributed by atoms with Crippen LogP contribution in [0.2, 0.25) is 0 Å². The summed E-state index contributed by atoms with van der Waals surface area (Å²) in [5.74, 6) is -2.53. The van der Waals surface area contributed by atoms with Crippen molar-refractivity contribution in [3.63, 3.8) is 0 Å². The molecule has 1 fully saturated rings. The Morgan fingerprint density at radius 1 is 0.800 bits per heavy atom. The predicted molar refractivity (Wildman–Crippen MR) is 149 cm³/mol. The van der Waals surface area contributed by atoms with E-state index in [2.05, 4.69) is 6.92 Å². The summed E-state index contributed by atoms with van der Waals surface area (Å²) in [5.41, 5.74) is 0.996. The molecule has 0 radical (unpaired) electrons. The maximum atomic E-state index is 15.0. The molecular formula is C33H37F3O4. The normalized spacial score (nSPS) is 16.9. The highest BCUT2D eigenvalue weighted by Crippen LogP contribution is 2.36. The summed E-state index contributed by atoms with van der Waals surface area (Å²) in [6.45, 7) is 5.20. The smallest absolute Gasteiger partial charge is 0.341 e. The lowest BCUT2D eigenvalue weighted by molar-refractivity contribution is 0.0189. The quantitative estimate of drug-likeness (QED) is 0.166. The highest BCUT2D eigenvalue weighted by molar-refractivity contribution is 5.90. The van der Waals surface area contributed by atoms with Crippen LogP contribution in [0.4, 0.5) is 13.2 Å². The van der Waals surface area contributed by atoms with Crippen molar-refractivity contribution >= 4 is 5.97 Å². The predicted octanol–water partition coefficient (Wildman–Crippen LogP) is 9.01. The van der Waals surface area contributed by atoms with Crippen molar-refractivity contribution in [2.24, 2.45) is 0 Å². The number of carbonyl (C=O) groups excluding carboxylic acids is 1. The van der Waals surface area contributed by atoms with Crippen LogP contribution < -0.4 is 9.47 Å². The molecule has 0 bridgehead atoms. The van der Waals surface area contributed by atoms with Crippen molar-refractivity contribution in [1.29, 1.82) is 0 Å². The molecule has 0 spiro atoms. The minimum atomic E-state index is -1.23. The van der Waals surface area contributed by atoms with Crippen molar-refractivity contribution in [1.82, 2.24) is 0 Å². The molecule has 1 saturated carbocycles. The molecule has 3 aromatic rings. The second-order valence-electron chi connectivity index (χ2n) is 10.3. The van der Waals surface area contributed by atoms with Gasteiger partial charge in [-0.3, -0.25) is 0 Å². The molecule has 40 heavy (non-hydrogen) atoms. The lowest BCUT2D eigenvalue weighted by atomic mass is 9.82. The number of carbonyl (C=O) groups is 1. The third kappa shape index (κ3) is 7.38. The third-order valence-corrected chi connectivity index (χ3v) is 7.36. The van der Waals surface area contributed by atoms with Crippen LogP contribution >= 0.6 is 0 Å². The number of rotatable bonds is 12. The van der Waals surface area contributed by atoms with E-state index in [0.29, 0.717) is 50.2 Å². The molecule has 0 atom stereocenters. The van der Waals surface area contributed by atoms with Crippen molar-refractivity contribution in [3.05, 3.63) is 83.2 Å². The monoisotopic (exact) mass is 554 g/mol. The molecule has 0 amide bonds. The number of hydrogen-bond donors (Lipinski definition) is 0. The molecule has 0 aromatic heterocycles. The minimum absolute atomic E-state index is 0.0590. The van der Waals surface area contributed by atoms with Gasteiger partial charge in [0, 0.05) is 5.56 Å². The molecular weight excluding hydrogens is 517 g/mol. The van der Waals surface area contributed by atoms with E-state index in [9.17, 15) is 18.0 Å². The van der Waals surface area contributed by atoms with Gasteiger partial charge in [-0.1, -0.05) is 51.0 Å². The molecule has 0 heterocycles. The Morgan fingerprint density at radius 3 is 2.12 bits per heavy atom. The minimum Gasteiger partial charge on any atom is -0.494 e. The fraction of sp³-hybridized carbons (Fsp3) is 0.424. The molecule has 0 aliphatic heterocycles. The highest BCUT2D eigenvalue weighted by Gasteiger charge is 2.28. The number of ether oxygens (including phenoxy) is 3. The first-order valence-electron chi connectivity index (χ1n) is 14.3. The number of esters is 1. The van der Waals surface area contributed by atoms with Gasteiger partial charge < -0.3 is 14.2 Å². The number of unbranched alkanes of at least 4 members (excludes halogenated alkanes) is 2. The van der Waals surface area contributed by atoms with Gasteiger partial charge in [-0.15, -0.1) is 0 Å². The van der Waals surface area contributed by atoms with Crippen molar-refractivity contribution < 1.29 is 32.2 Å². The second-order valence-corrected chi connectivity index (χ2v) is 10.3. The zero-order chi connectivity index (χ0) is 28.5. The van der Waals surface area contributed by atoms with Gasteiger partial charge in [0.05, 0.1) is 18.8 Å². The summed E-state index contributed by atoms with van der Waals surface area (Å²) in [7, 11) is 0. The second kappa shape index (κ2) is 14.2. The lowest BCUT2D eigenvalue weighted by Gasteiger charge is -2.28. The standard InChI is InChI=1S/C33H37F3O4/c1-3-5-19-38-25-12-9-23(10-13-25)27-16-17-28(32(36)31(27)35)33(37)40-26-14-7-22(8-15-26)24-11-18-30(29(34)21-24)39-20-6-4-2/h9-13,16-18,21-22,26H,3-8,14-15,19-20H2,1-2H3. The van der Waals surface area contributed by atoms with Crippen LogP contribution in [0.5, 0.6) is 11.5 Å². The first-order chi connectivity index (χ1) is 19.4. The first kappa shape index (κ1) is 29.5. The Kier molecular flexibility index (Phi) is 10.5. The number of hydrogen-bond acceptors (Lipinski definition) is 4. The summed E-state index contributed by atoms with van der Waals surface area (Å²) in [4.78, 5) is 12.7. The SMILES string of the molecule is CCCCOc1ccc(-c2ccc(C(=O)OC3CCC(c4ccc(OCCCC)c(F)c4)CC3)c(F)c2F)cc1.